The van der Waals surface area contributed by atoms with E-state index in [1.807, 2.05) is 30.3 Å². The lowest BCUT2D eigenvalue weighted by Gasteiger charge is -2.40. The SMILES string of the molecule is O=C(CCc1ccccc1)N[C@H]1C(O)O[C@H](CO)[C@H](O)[C@@H]1O. The molecule has 5 N–H and O–H groups in total. The van der Waals surface area contributed by atoms with E-state index in [2.05, 4.69) is 5.32 Å². The van der Waals surface area contributed by atoms with E-state index in [0.717, 1.165) is 5.56 Å². The zero-order chi connectivity index (χ0) is 16.1. The van der Waals surface area contributed by atoms with Crippen LogP contribution in [-0.2, 0) is 16.0 Å². The maximum absolute atomic E-state index is 11.9. The van der Waals surface area contributed by atoms with Gasteiger partial charge in [-0.2, -0.15) is 0 Å². The quantitative estimate of drug-likeness (QED) is 0.453. The molecule has 22 heavy (non-hydrogen) atoms. The highest BCUT2D eigenvalue weighted by Crippen LogP contribution is 2.19. The van der Waals surface area contributed by atoms with Gasteiger partial charge >= 0.3 is 0 Å². The van der Waals surface area contributed by atoms with Gasteiger partial charge in [0, 0.05) is 6.42 Å². The van der Waals surface area contributed by atoms with Gasteiger partial charge in [-0.05, 0) is 12.0 Å². The molecule has 1 heterocycles. The molecule has 0 radical (unpaired) electrons. The Morgan fingerprint density at radius 1 is 1.14 bits per heavy atom. The number of amides is 1. The number of hydrogen-bond acceptors (Lipinski definition) is 6. The maximum atomic E-state index is 11.9. The van der Waals surface area contributed by atoms with Crippen molar-refractivity contribution in [3.63, 3.8) is 0 Å². The Morgan fingerprint density at radius 2 is 1.82 bits per heavy atom. The third-order valence-electron chi connectivity index (χ3n) is 3.71. The highest BCUT2D eigenvalue weighted by atomic mass is 16.6. The number of benzene rings is 1. The maximum Gasteiger partial charge on any atom is 0.220 e. The second-order valence-corrected chi connectivity index (χ2v) is 5.31. The molecule has 7 nitrogen and oxygen atoms in total. The van der Waals surface area contributed by atoms with Crippen molar-refractivity contribution in [1.29, 1.82) is 0 Å². The molecule has 0 aliphatic carbocycles. The smallest absolute Gasteiger partial charge is 0.220 e. The lowest BCUT2D eigenvalue weighted by Crippen LogP contribution is -2.64. The van der Waals surface area contributed by atoms with Crippen LogP contribution in [-0.4, -0.2) is 63.6 Å². The summed E-state index contributed by atoms with van der Waals surface area (Å²) in [6, 6.07) is 8.30. The van der Waals surface area contributed by atoms with Crippen LogP contribution in [0, 0.1) is 0 Å². The molecule has 1 aromatic carbocycles. The van der Waals surface area contributed by atoms with Gasteiger partial charge in [-0.3, -0.25) is 4.79 Å². The number of carbonyl (C=O) groups is 1. The van der Waals surface area contributed by atoms with Gasteiger partial charge in [-0.1, -0.05) is 30.3 Å². The van der Waals surface area contributed by atoms with Crippen LogP contribution in [0.3, 0.4) is 0 Å². The van der Waals surface area contributed by atoms with E-state index in [-0.39, 0.29) is 12.3 Å². The normalized spacial score (nSPS) is 31.7. The summed E-state index contributed by atoms with van der Waals surface area (Å²) in [6.45, 7) is -0.538. The molecule has 0 bridgehead atoms. The monoisotopic (exact) mass is 311 g/mol. The summed E-state index contributed by atoms with van der Waals surface area (Å²) in [4.78, 5) is 11.9. The standard InChI is InChI=1S/C15H21NO6/c17-8-10-13(19)14(20)12(15(21)22-10)16-11(18)7-6-9-4-2-1-3-5-9/h1-5,10,12-15,17,19-21H,6-8H2,(H,16,18)/t10-,12-,13+,14-,15?/m1/s1. The summed E-state index contributed by atoms with van der Waals surface area (Å²) >= 11 is 0. The van der Waals surface area contributed by atoms with Crippen LogP contribution >= 0.6 is 0 Å². The molecule has 0 aromatic heterocycles. The summed E-state index contributed by atoms with van der Waals surface area (Å²) in [5, 5.41) is 40.9. The average Bonchev–Trinajstić information content (AvgIpc) is 2.54. The Balaban J connectivity index is 1.87. The van der Waals surface area contributed by atoms with Crippen LogP contribution in [0.4, 0.5) is 0 Å². The number of nitrogens with one attached hydrogen (secondary N) is 1. The lowest BCUT2D eigenvalue weighted by atomic mass is 9.97. The minimum atomic E-state index is -1.49. The first-order chi connectivity index (χ1) is 10.5. The predicted molar refractivity (Wildman–Crippen MR) is 76.7 cm³/mol. The van der Waals surface area contributed by atoms with Crippen LogP contribution in [0.1, 0.15) is 12.0 Å². The molecule has 1 aliphatic heterocycles. The van der Waals surface area contributed by atoms with E-state index in [0.29, 0.717) is 6.42 Å². The molecule has 1 aliphatic rings. The van der Waals surface area contributed by atoms with Crippen molar-refractivity contribution in [2.75, 3.05) is 6.61 Å². The number of aliphatic hydroxyl groups excluding tert-OH is 4. The Hall–Kier alpha value is -1.51. The van der Waals surface area contributed by atoms with E-state index in [1.165, 1.54) is 0 Å². The minimum Gasteiger partial charge on any atom is -0.394 e. The Morgan fingerprint density at radius 3 is 2.45 bits per heavy atom. The molecule has 1 fully saturated rings. The van der Waals surface area contributed by atoms with Crippen LogP contribution in [0.5, 0.6) is 0 Å². The van der Waals surface area contributed by atoms with Crippen LogP contribution < -0.4 is 5.32 Å². The van der Waals surface area contributed by atoms with Gasteiger partial charge < -0.3 is 30.5 Å². The second-order valence-electron chi connectivity index (χ2n) is 5.31. The molecule has 1 saturated heterocycles. The first-order valence-corrected chi connectivity index (χ1v) is 7.16. The molecule has 0 saturated carbocycles. The van der Waals surface area contributed by atoms with Crippen molar-refractivity contribution < 1.29 is 30.0 Å². The van der Waals surface area contributed by atoms with E-state index in [4.69, 9.17) is 9.84 Å². The summed E-state index contributed by atoms with van der Waals surface area (Å²) in [5.74, 6) is -0.370. The van der Waals surface area contributed by atoms with Gasteiger partial charge in [0.25, 0.3) is 0 Å². The van der Waals surface area contributed by atoms with Crippen molar-refractivity contribution in [3.8, 4) is 0 Å². The van der Waals surface area contributed by atoms with Gasteiger partial charge in [0.1, 0.15) is 24.4 Å². The molecule has 122 valence electrons. The fourth-order valence-corrected chi connectivity index (χ4v) is 2.41. The van der Waals surface area contributed by atoms with Crippen molar-refractivity contribution >= 4 is 5.91 Å². The average molecular weight is 311 g/mol. The number of ether oxygens (including phenoxy) is 1. The van der Waals surface area contributed by atoms with Gasteiger partial charge in [0.05, 0.1) is 6.61 Å². The Bertz CT molecular complexity index is 482. The zero-order valence-corrected chi connectivity index (χ0v) is 12.0. The summed E-state index contributed by atoms with van der Waals surface area (Å²) in [6.07, 6.45) is -4.67. The van der Waals surface area contributed by atoms with Crippen LogP contribution in [0.25, 0.3) is 0 Å². The second kappa shape index (κ2) is 7.66. The van der Waals surface area contributed by atoms with Crippen molar-refractivity contribution in [1.82, 2.24) is 5.32 Å². The third kappa shape index (κ3) is 4.02. The first-order valence-electron chi connectivity index (χ1n) is 7.16. The van der Waals surface area contributed by atoms with Crippen molar-refractivity contribution in [2.45, 2.75) is 43.5 Å². The minimum absolute atomic E-state index is 0.180. The fraction of sp³-hybridized carbons (Fsp3) is 0.533. The molecule has 7 heteroatoms. The van der Waals surface area contributed by atoms with E-state index < -0.39 is 37.3 Å². The highest BCUT2D eigenvalue weighted by Gasteiger charge is 2.44. The molecule has 5 atom stereocenters. The molecule has 1 unspecified atom stereocenters. The number of rotatable bonds is 5. The molecular formula is C15H21NO6. The van der Waals surface area contributed by atoms with E-state index in [9.17, 15) is 20.1 Å². The number of aryl methyl sites for hydroxylation is 1. The zero-order valence-electron chi connectivity index (χ0n) is 12.0. The largest absolute Gasteiger partial charge is 0.394 e. The summed E-state index contributed by atoms with van der Waals surface area (Å²) < 4.78 is 4.98. The van der Waals surface area contributed by atoms with E-state index in [1.54, 1.807) is 0 Å². The highest BCUT2D eigenvalue weighted by molar-refractivity contribution is 5.76. The molecule has 1 amide bonds. The van der Waals surface area contributed by atoms with Gasteiger partial charge in [-0.25, -0.2) is 0 Å². The fourth-order valence-electron chi connectivity index (χ4n) is 2.41. The Kier molecular flexibility index (Phi) is 5.87. The Labute approximate surface area is 128 Å². The molecule has 1 aromatic rings. The first kappa shape index (κ1) is 16.9. The summed E-state index contributed by atoms with van der Waals surface area (Å²) in [5.41, 5.74) is 0.999. The summed E-state index contributed by atoms with van der Waals surface area (Å²) in [7, 11) is 0. The van der Waals surface area contributed by atoms with Crippen molar-refractivity contribution in [2.24, 2.45) is 0 Å². The van der Waals surface area contributed by atoms with Crippen LogP contribution in [0.2, 0.25) is 0 Å². The van der Waals surface area contributed by atoms with Gasteiger partial charge in [-0.15, -0.1) is 0 Å². The number of carbonyl (C=O) groups excluding carboxylic acids is 1. The van der Waals surface area contributed by atoms with Gasteiger partial charge in [0.2, 0.25) is 5.91 Å². The predicted octanol–water partition coefficient (Wildman–Crippen LogP) is -1.46. The number of aliphatic hydroxyl groups is 4. The molecule has 2 rings (SSSR count). The van der Waals surface area contributed by atoms with Crippen LogP contribution in [0.15, 0.2) is 30.3 Å². The number of hydrogen-bond donors (Lipinski definition) is 5. The molecular weight excluding hydrogens is 290 g/mol. The topological polar surface area (TPSA) is 119 Å². The van der Waals surface area contributed by atoms with Crippen molar-refractivity contribution in [3.05, 3.63) is 35.9 Å². The lowest BCUT2D eigenvalue weighted by molar-refractivity contribution is -0.253. The van der Waals surface area contributed by atoms with E-state index >= 15 is 0 Å². The third-order valence-corrected chi connectivity index (χ3v) is 3.71. The molecule has 0 spiro atoms. The van der Waals surface area contributed by atoms with Gasteiger partial charge in [0.15, 0.2) is 6.29 Å².